The average molecular weight is 388 g/mol. The van der Waals surface area contributed by atoms with Crippen LogP contribution in [0, 0.1) is 0 Å². The number of ether oxygens (including phenoxy) is 2. The molecule has 1 unspecified atom stereocenters. The van der Waals surface area contributed by atoms with Crippen LogP contribution < -0.4 is 9.64 Å². The van der Waals surface area contributed by atoms with E-state index in [0.717, 1.165) is 30.2 Å². The lowest BCUT2D eigenvalue weighted by atomic mass is 10.1. The Bertz CT molecular complexity index is 923. The minimum atomic E-state index is -3.55. The van der Waals surface area contributed by atoms with Crippen molar-refractivity contribution in [3.05, 3.63) is 47.7 Å². The van der Waals surface area contributed by atoms with Crippen molar-refractivity contribution in [3.8, 4) is 5.75 Å². The van der Waals surface area contributed by atoms with Gasteiger partial charge < -0.3 is 14.4 Å². The zero-order chi connectivity index (χ0) is 18.9. The van der Waals surface area contributed by atoms with E-state index in [4.69, 9.17) is 9.47 Å². The maximum absolute atomic E-state index is 13.5. The van der Waals surface area contributed by atoms with Crippen LogP contribution in [0.15, 0.2) is 41.3 Å². The fourth-order valence-electron chi connectivity index (χ4n) is 3.64. The third kappa shape index (κ3) is 3.53. The number of benzene rings is 1. The molecule has 0 N–H and O–H groups in total. The monoisotopic (exact) mass is 388 g/mol. The van der Waals surface area contributed by atoms with E-state index in [1.165, 1.54) is 0 Å². The van der Waals surface area contributed by atoms with E-state index in [2.05, 4.69) is 9.88 Å². The summed E-state index contributed by atoms with van der Waals surface area (Å²) in [6.45, 7) is 5.11. The number of aryl methyl sites for hydroxylation is 1. The molecule has 6 nitrogen and oxygen atoms in total. The minimum Gasteiger partial charge on any atom is -0.493 e. The molecule has 2 aromatic rings. The number of hydrogen-bond acceptors (Lipinski definition) is 6. The highest BCUT2D eigenvalue weighted by molar-refractivity contribution is 7.91. The highest BCUT2D eigenvalue weighted by Gasteiger charge is 2.34. The Kier molecular flexibility index (Phi) is 5.06. The molecule has 0 saturated carbocycles. The van der Waals surface area contributed by atoms with Gasteiger partial charge in [-0.2, -0.15) is 0 Å². The lowest BCUT2D eigenvalue weighted by Crippen LogP contribution is -2.37. The van der Waals surface area contributed by atoms with Crippen LogP contribution in [0.2, 0.25) is 0 Å². The third-order valence-electron chi connectivity index (χ3n) is 5.14. The van der Waals surface area contributed by atoms with Gasteiger partial charge in [-0.25, -0.2) is 13.4 Å². The van der Waals surface area contributed by atoms with Gasteiger partial charge in [-0.15, -0.1) is 0 Å². The second kappa shape index (κ2) is 7.48. The van der Waals surface area contributed by atoms with Gasteiger partial charge >= 0.3 is 0 Å². The van der Waals surface area contributed by atoms with Gasteiger partial charge in [-0.3, -0.25) is 0 Å². The summed E-state index contributed by atoms with van der Waals surface area (Å²) in [4.78, 5) is 7.10. The van der Waals surface area contributed by atoms with Gasteiger partial charge in [0, 0.05) is 30.8 Å². The molecule has 1 atom stereocenters. The van der Waals surface area contributed by atoms with Crippen molar-refractivity contribution in [2.45, 2.75) is 29.9 Å². The average Bonchev–Trinajstić information content (AvgIpc) is 2.73. The molecule has 144 valence electrons. The van der Waals surface area contributed by atoms with Crippen LogP contribution in [-0.2, 0) is 21.0 Å². The number of fused-ring (bicyclic) bond motifs is 1. The predicted molar refractivity (Wildman–Crippen MR) is 103 cm³/mol. The van der Waals surface area contributed by atoms with Gasteiger partial charge in [-0.05, 0) is 24.6 Å². The Balaban J connectivity index is 1.76. The first-order valence-electron chi connectivity index (χ1n) is 9.39. The molecule has 3 heterocycles. The molecule has 0 amide bonds. The van der Waals surface area contributed by atoms with Crippen LogP contribution in [0.25, 0.3) is 0 Å². The summed E-state index contributed by atoms with van der Waals surface area (Å²) >= 11 is 0. The van der Waals surface area contributed by atoms with Crippen LogP contribution in [0.1, 0.15) is 29.9 Å². The second-order valence-electron chi connectivity index (χ2n) is 6.81. The summed E-state index contributed by atoms with van der Waals surface area (Å²) in [6, 6.07) is 10.8. The summed E-state index contributed by atoms with van der Waals surface area (Å²) in [5, 5.41) is -0.591. The van der Waals surface area contributed by atoms with E-state index in [1.54, 1.807) is 12.1 Å². The van der Waals surface area contributed by atoms with E-state index in [-0.39, 0.29) is 0 Å². The molecule has 27 heavy (non-hydrogen) atoms. The van der Waals surface area contributed by atoms with Crippen molar-refractivity contribution in [1.29, 1.82) is 0 Å². The van der Waals surface area contributed by atoms with Crippen LogP contribution >= 0.6 is 0 Å². The number of rotatable bonds is 4. The Morgan fingerprint density at radius 2 is 1.93 bits per heavy atom. The molecular formula is C20H24N2O4S. The number of anilines is 1. The van der Waals surface area contributed by atoms with Crippen LogP contribution in [0.4, 0.5) is 5.82 Å². The molecular weight excluding hydrogens is 364 g/mol. The molecule has 0 bridgehead atoms. The van der Waals surface area contributed by atoms with Crippen molar-refractivity contribution < 1.29 is 17.9 Å². The Morgan fingerprint density at radius 1 is 1.15 bits per heavy atom. The molecule has 0 spiro atoms. The van der Waals surface area contributed by atoms with Gasteiger partial charge in [0.2, 0.25) is 0 Å². The predicted octanol–water partition coefficient (Wildman–Crippen LogP) is 2.78. The van der Waals surface area contributed by atoms with Gasteiger partial charge in [0.1, 0.15) is 11.6 Å². The Hall–Kier alpha value is -2.12. The first-order chi connectivity index (χ1) is 13.1. The van der Waals surface area contributed by atoms with Crippen molar-refractivity contribution in [2.75, 3.05) is 37.8 Å². The molecule has 0 radical (unpaired) electrons. The zero-order valence-electron chi connectivity index (χ0n) is 15.4. The summed E-state index contributed by atoms with van der Waals surface area (Å²) in [5.74, 6) is 1.38. The molecule has 0 aliphatic carbocycles. The summed E-state index contributed by atoms with van der Waals surface area (Å²) in [7, 11) is -3.55. The van der Waals surface area contributed by atoms with Gasteiger partial charge in [0.15, 0.2) is 9.84 Å². The lowest BCUT2D eigenvalue weighted by molar-refractivity contribution is 0.122. The van der Waals surface area contributed by atoms with Crippen LogP contribution in [-0.4, -0.2) is 46.3 Å². The second-order valence-corrected chi connectivity index (χ2v) is 8.94. The first kappa shape index (κ1) is 18.3. The normalized spacial score (nSPS) is 20.0. The number of pyridine rings is 1. The molecule has 2 aliphatic heterocycles. The number of para-hydroxylation sites is 1. The molecule has 1 fully saturated rings. The quantitative estimate of drug-likeness (QED) is 0.802. The minimum absolute atomic E-state index is 0.345. The maximum atomic E-state index is 13.5. The SMILES string of the molecule is CCc1cc(S(=O)(=O)C2CCOc3ccccc32)cc(N2CCOCC2)n1. The van der Waals surface area contributed by atoms with Crippen molar-refractivity contribution in [3.63, 3.8) is 0 Å². The molecule has 2 aliphatic rings. The fourth-order valence-corrected chi connectivity index (χ4v) is 5.47. The van der Waals surface area contributed by atoms with Crippen molar-refractivity contribution >= 4 is 15.7 Å². The Labute approximate surface area is 160 Å². The van der Waals surface area contributed by atoms with E-state index >= 15 is 0 Å². The first-order valence-corrected chi connectivity index (χ1v) is 10.9. The largest absolute Gasteiger partial charge is 0.493 e. The van der Waals surface area contributed by atoms with Crippen molar-refractivity contribution in [1.82, 2.24) is 4.98 Å². The highest BCUT2D eigenvalue weighted by Crippen LogP contribution is 2.40. The van der Waals surface area contributed by atoms with E-state index in [9.17, 15) is 8.42 Å². The van der Waals surface area contributed by atoms with E-state index in [1.807, 2.05) is 31.2 Å². The van der Waals surface area contributed by atoms with Crippen LogP contribution in [0.3, 0.4) is 0 Å². The van der Waals surface area contributed by atoms with Gasteiger partial charge in [0.05, 0.1) is 30.0 Å². The molecule has 1 aromatic heterocycles. The van der Waals surface area contributed by atoms with E-state index < -0.39 is 15.1 Å². The third-order valence-corrected chi connectivity index (χ3v) is 7.27. The zero-order valence-corrected chi connectivity index (χ0v) is 16.2. The maximum Gasteiger partial charge on any atom is 0.185 e. The van der Waals surface area contributed by atoms with E-state index in [0.29, 0.717) is 43.3 Å². The summed E-state index contributed by atoms with van der Waals surface area (Å²) in [5.41, 5.74) is 1.53. The number of sulfone groups is 1. The number of nitrogens with zero attached hydrogens (tertiary/aromatic N) is 2. The topological polar surface area (TPSA) is 68.7 Å². The summed E-state index contributed by atoms with van der Waals surface area (Å²) < 4.78 is 38.1. The highest BCUT2D eigenvalue weighted by atomic mass is 32.2. The standard InChI is InChI=1S/C20H24N2O4S/c1-2-15-13-16(14-20(21-15)22-8-11-25-12-9-22)27(23,24)19-7-10-26-18-6-4-3-5-17(18)19/h3-6,13-14,19H,2,7-12H2,1H3. The van der Waals surface area contributed by atoms with Gasteiger partial charge in [0.25, 0.3) is 0 Å². The fraction of sp³-hybridized carbons (Fsp3) is 0.450. The van der Waals surface area contributed by atoms with Gasteiger partial charge in [-0.1, -0.05) is 25.1 Å². The number of aromatic nitrogens is 1. The number of morpholine rings is 1. The molecule has 1 saturated heterocycles. The molecule has 1 aromatic carbocycles. The van der Waals surface area contributed by atoms with Crippen LogP contribution in [0.5, 0.6) is 5.75 Å². The Morgan fingerprint density at radius 3 is 2.70 bits per heavy atom. The molecule has 7 heteroatoms. The summed E-state index contributed by atoms with van der Waals surface area (Å²) in [6.07, 6.45) is 1.14. The molecule has 4 rings (SSSR count). The lowest BCUT2D eigenvalue weighted by Gasteiger charge is -2.29. The van der Waals surface area contributed by atoms with Crippen molar-refractivity contribution in [2.24, 2.45) is 0 Å². The smallest absolute Gasteiger partial charge is 0.185 e. The number of hydrogen-bond donors (Lipinski definition) is 0.